The van der Waals surface area contributed by atoms with E-state index in [0.29, 0.717) is 25.7 Å². The summed E-state index contributed by atoms with van der Waals surface area (Å²) in [7, 11) is 0. The maximum atomic E-state index is 12.9. The third kappa shape index (κ3) is 64.4. The second-order valence-electron chi connectivity index (χ2n) is 21.6. The molecule has 0 bridgehead atoms. The van der Waals surface area contributed by atoms with Crippen molar-refractivity contribution < 1.29 is 28.6 Å². The largest absolute Gasteiger partial charge is 0.462 e. The van der Waals surface area contributed by atoms with Gasteiger partial charge in [0.05, 0.1) is 0 Å². The van der Waals surface area contributed by atoms with Crippen molar-refractivity contribution in [1.82, 2.24) is 0 Å². The van der Waals surface area contributed by atoms with Crippen LogP contribution in [0.1, 0.15) is 297 Å². The minimum atomic E-state index is -0.803. The highest BCUT2D eigenvalue weighted by atomic mass is 16.6. The first-order valence-corrected chi connectivity index (χ1v) is 33.2. The molecule has 0 aromatic heterocycles. The predicted molar refractivity (Wildman–Crippen MR) is 348 cm³/mol. The Morgan fingerprint density at radius 3 is 0.800 bits per heavy atom. The predicted octanol–water partition coefficient (Wildman–Crippen LogP) is 22.9. The molecule has 0 radical (unpaired) electrons. The molecule has 0 heterocycles. The fourth-order valence-electron chi connectivity index (χ4n) is 8.94. The smallest absolute Gasteiger partial charge is 0.306 e. The Labute approximate surface area is 494 Å². The van der Waals surface area contributed by atoms with Crippen molar-refractivity contribution in [1.29, 1.82) is 0 Å². The number of ether oxygens (including phenoxy) is 3. The molecular formula is C74H122O6. The van der Waals surface area contributed by atoms with Gasteiger partial charge in [-0.25, -0.2) is 0 Å². The summed E-state index contributed by atoms with van der Waals surface area (Å²) in [6.07, 6.45) is 94.6. The first-order chi connectivity index (χ1) is 39.5. The number of allylic oxidation sites excluding steroid dienone is 22. The van der Waals surface area contributed by atoms with E-state index in [1.165, 1.54) is 122 Å². The van der Waals surface area contributed by atoms with Gasteiger partial charge in [0.2, 0.25) is 0 Å². The van der Waals surface area contributed by atoms with E-state index in [4.69, 9.17) is 14.2 Å². The molecule has 0 rings (SSSR count). The fraction of sp³-hybridized carbons (Fsp3) is 0.662. The monoisotopic (exact) mass is 1110 g/mol. The van der Waals surface area contributed by atoms with E-state index in [2.05, 4.69) is 154 Å². The summed E-state index contributed by atoms with van der Waals surface area (Å²) < 4.78 is 16.9. The van der Waals surface area contributed by atoms with Crippen LogP contribution in [-0.2, 0) is 28.6 Å². The summed E-state index contributed by atoms with van der Waals surface area (Å²) in [5.74, 6) is -0.945. The zero-order chi connectivity index (χ0) is 57.8. The van der Waals surface area contributed by atoms with Crippen LogP contribution in [0.4, 0.5) is 0 Å². The van der Waals surface area contributed by atoms with Crippen molar-refractivity contribution in [2.45, 2.75) is 303 Å². The van der Waals surface area contributed by atoms with E-state index in [0.717, 1.165) is 128 Å². The summed E-state index contributed by atoms with van der Waals surface area (Å²) in [6.45, 7) is 6.49. The minimum absolute atomic E-state index is 0.0953. The Morgan fingerprint density at radius 2 is 0.487 bits per heavy atom. The lowest BCUT2D eigenvalue weighted by Gasteiger charge is -2.18. The summed E-state index contributed by atoms with van der Waals surface area (Å²) >= 11 is 0. The lowest BCUT2D eigenvalue weighted by atomic mass is 10.0. The molecule has 0 spiro atoms. The standard InChI is InChI=1S/C74H122O6/c1-4-7-10-13-16-19-22-25-27-29-30-31-32-33-34-35-36-37-38-39-40-41-42-43-44-45-47-49-52-55-58-61-64-67-73(76)79-70-71(69-78-72(75)66-63-60-57-54-51-48-24-21-18-15-12-9-6-3)80-74(77)68-65-62-59-56-53-50-46-28-26-23-20-17-14-11-8-5-2/h7,10,16,19,25,27-28,30-31,33-34,36-37,39-40,42-43,45-47,52,55,71H,4-6,8-9,11-15,17-18,20-24,26,29,32,35,38,41,44,48-51,53-54,56-70H2,1-3H3/b10-7-,19-16-,27-25-,31-30-,34-33-,37-36-,40-39-,43-42-,46-28-,47-45-,55-52-. The normalized spacial score (nSPS) is 13.0. The Kier molecular flexibility index (Phi) is 63.3. The van der Waals surface area contributed by atoms with Gasteiger partial charge in [-0.2, -0.15) is 0 Å². The van der Waals surface area contributed by atoms with Crippen molar-refractivity contribution in [3.8, 4) is 0 Å². The highest BCUT2D eigenvalue weighted by Crippen LogP contribution is 2.15. The number of hydrogen-bond donors (Lipinski definition) is 0. The molecule has 0 saturated heterocycles. The van der Waals surface area contributed by atoms with Crippen LogP contribution >= 0.6 is 0 Å². The number of hydrogen-bond acceptors (Lipinski definition) is 6. The van der Waals surface area contributed by atoms with Crippen LogP contribution in [0.5, 0.6) is 0 Å². The third-order valence-electron chi connectivity index (χ3n) is 13.9. The van der Waals surface area contributed by atoms with Gasteiger partial charge in [-0.15, -0.1) is 0 Å². The summed E-state index contributed by atoms with van der Waals surface area (Å²) in [6, 6.07) is 0. The van der Waals surface area contributed by atoms with Gasteiger partial charge in [0.15, 0.2) is 6.10 Å². The first-order valence-electron chi connectivity index (χ1n) is 33.2. The second-order valence-corrected chi connectivity index (χ2v) is 21.6. The average Bonchev–Trinajstić information content (AvgIpc) is 3.46. The van der Waals surface area contributed by atoms with Crippen LogP contribution in [-0.4, -0.2) is 37.2 Å². The van der Waals surface area contributed by atoms with E-state index in [1.54, 1.807) is 0 Å². The van der Waals surface area contributed by atoms with Crippen LogP contribution in [0.25, 0.3) is 0 Å². The van der Waals surface area contributed by atoms with Gasteiger partial charge in [-0.3, -0.25) is 14.4 Å². The van der Waals surface area contributed by atoms with Crippen LogP contribution in [0.15, 0.2) is 134 Å². The van der Waals surface area contributed by atoms with Gasteiger partial charge in [-0.05, 0) is 122 Å². The van der Waals surface area contributed by atoms with Gasteiger partial charge in [0, 0.05) is 19.3 Å². The lowest BCUT2D eigenvalue weighted by molar-refractivity contribution is -0.167. The Hall–Kier alpha value is -4.45. The number of esters is 3. The van der Waals surface area contributed by atoms with Crippen LogP contribution in [0, 0.1) is 0 Å². The first kappa shape index (κ1) is 75.5. The summed E-state index contributed by atoms with van der Waals surface area (Å²) in [5.41, 5.74) is 0. The van der Waals surface area contributed by atoms with Gasteiger partial charge >= 0.3 is 17.9 Å². The highest BCUT2D eigenvalue weighted by Gasteiger charge is 2.19. The molecule has 1 unspecified atom stereocenters. The molecule has 0 fully saturated rings. The maximum absolute atomic E-state index is 12.9. The molecule has 0 aromatic rings. The number of carbonyl (C=O) groups excluding carboxylic acids is 3. The van der Waals surface area contributed by atoms with Crippen LogP contribution in [0.2, 0.25) is 0 Å². The molecule has 1 atom stereocenters. The van der Waals surface area contributed by atoms with Gasteiger partial charge in [0.25, 0.3) is 0 Å². The summed E-state index contributed by atoms with van der Waals surface area (Å²) in [5, 5.41) is 0. The SMILES string of the molecule is CC/C=C\C/C=C\C/C=C\C/C=C\C/C=C\C/C=C\C/C=C\C/C=C\C/C=C\C/C=C\CCCCC(=O)OCC(COC(=O)CCCCCCCCCCCCCCC)OC(=O)CCCCCCC/C=C\CCCCCCCCC. The van der Waals surface area contributed by atoms with E-state index in [9.17, 15) is 14.4 Å². The van der Waals surface area contributed by atoms with E-state index >= 15 is 0 Å². The van der Waals surface area contributed by atoms with E-state index in [1.807, 2.05) is 0 Å². The topological polar surface area (TPSA) is 78.9 Å². The van der Waals surface area contributed by atoms with Gasteiger partial charge < -0.3 is 14.2 Å². The second kappa shape index (κ2) is 67.1. The van der Waals surface area contributed by atoms with Crippen molar-refractivity contribution >= 4 is 17.9 Å². The molecule has 0 aliphatic rings. The van der Waals surface area contributed by atoms with E-state index in [-0.39, 0.29) is 31.1 Å². The molecule has 454 valence electrons. The minimum Gasteiger partial charge on any atom is -0.462 e. The number of rotatable bonds is 59. The zero-order valence-electron chi connectivity index (χ0n) is 52.0. The van der Waals surface area contributed by atoms with Gasteiger partial charge in [0.1, 0.15) is 13.2 Å². The molecule has 0 aliphatic heterocycles. The molecule has 0 amide bonds. The average molecular weight is 1110 g/mol. The summed E-state index contributed by atoms with van der Waals surface area (Å²) in [4.78, 5) is 38.3. The highest BCUT2D eigenvalue weighted by molar-refractivity contribution is 5.71. The third-order valence-corrected chi connectivity index (χ3v) is 13.9. The molecule has 6 nitrogen and oxygen atoms in total. The van der Waals surface area contributed by atoms with Crippen molar-refractivity contribution in [2.24, 2.45) is 0 Å². The van der Waals surface area contributed by atoms with Crippen molar-refractivity contribution in [2.75, 3.05) is 13.2 Å². The molecule has 0 N–H and O–H groups in total. The number of carbonyl (C=O) groups is 3. The van der Waals surface area contributed by atoms with Crippen LogP contribution in [0.3, 0.4) is 0 Å². The molecule has 0 aromatic carbocycles. The van der Waals surface area contributed by atoms with Gasteiger partial charge in [-0.1, -0.05) is 289 Å². The molecule has 0 aliphatic carbocycles. The quantitative estimate of drug-likeness (QED) is 0.0261. The lowest BCUT2D eigenvalue weighted by Crippen LogP contribution is -2.30. The van der Waals surface area contributed by atoms with Crippen LogP contribution < -0.4 is 0 Å². The maximum Gasteiger partial charge on any atom is 0.306 e. The zero-order valence-corrected chi connectivity index (χ0v) is 52.0. The molecule has 80 heavy (non-hydrogen) atoms. The Balaban J connectivity index is 4.38. The molecule has 0 saturated carbocycles. The number of unbranched alkanes of at least 4 members (excludes halogenated alkanes) is 26. The Morgan fingerprint density at radius 1 is 0.263 bits per heavy atom. The van der Waals surface area contributed by atoms with Crippen molar-refractivity contribution in [3.05, 3.63) is 134 Å². The molecular weight excluding hydrogens is 985 g/mol. The fourth-order valence-corrected chi connectivity index (χ4v) is 8.94. The van der Waals surface area contributed by atoms with Crippen molar-refractivity contribution in [3.63, 3.8) is 0 Å². The Bertz CT molecular complexity index is 1700. The van der Waals surface area contributed by atoms with E-state index < -0.39 is 6.10 Å². The molecule has 6 heteroatoms.